The van der Waals surface area contributed by atoms with Crippen molar-refractivity contribution in [1.29, 1.82) is 0 Å². The van der Waals surface area contributed by atoms with Crippen molar-refractivity contribution < 1.29 is 5.11 Å². The molecule has 3 aromatic heterocycles. The molecule has 4 N–H and O–H groups in total. The third kappa shape index (κ3) is 3.09. The molecule has 0 aliphatic rings. The summed E-state index contributed by atoms with van der Waals surface area (Å²) < 4.78 is 0. The Morgan fingerprint density at radius 2 is 1.20 bits per heavy atom. The summed E-state index contributed by atoms with van der Waals surface area (Å²) in [6.45, 7) is 0. The first kappa shape index (κ1) is 17.4. The lowest BCUT2D eigenvalue weighted by Crippen LogP contribution is -2.07. The molecule has 0 aliphatic heterocycles. The number of benzene rings is 2. The maximum Gasteiger partial charge on any atom is 0.290 e. The summed E-state index contributed by atoms with van der Waals surface area (Å²) in [5.74, 6) is 0.584. The number of tetrazole rings is 2. The van der Waals surface area contributed by atoms with E-state index in [0.29, 0.717) is 22.9 Å². The van der Waals surface area contributed by atoms with Crippen LogP contribution in [0.4, 0.5) is 0 Å². The minimum absolute atomic E-state index is 0.362. The second kappa shape index (κ2) is 7.05. The predicted octanol–water partition coefficient (Wildman–Crippen LogP) is 1.77. The standard InChI is InChI=1S/C19H13N9O2/c29-15-9-14(10-1-5-12(6-2-10)17-21-25-26-22-17)16(20-19(15)30)11-3-7-13(8-4-11)18-23-27-28-24-18/h1-9,29H,(H,20,30)(H,21,22,25,26)(H,23,24,27,28). The number of aromatic hydroxyl groups is 1. The lowest BCUT2D eigenvalue weighted by atomic mass is 9.97. The highest BCUT2D eigenvalue weighted by molar-refractivity contribution is 5.82. The summed E-state index contributed by atoms with van der Waals surface area (Å²) in [7, 11) is 0. The van der Waals surface area contributed by atoms with Gasteiger partial charge >= 0.3 is 0 Å². The van der Waals surface area contributed by atoms with Gasteiger partial charge in [0.05, 0.1) is 5.69 Å². The summed E-state index contributed by atoms with van der Waals surface area (Å²) in [5, 5.41) is 37.8. The molecule has 0 spiro atoms. The molecule has 0 saturated carbocycles. The molecular weight excluding hydrogens is 386 g/mol. The molecule has 11 heteroatoms. The molecule has 0 fully saturated rings. The zero-order valence-electron chi connectivity index (χ0n) is 15.2. The fraction of sp³-hybridized carbons (Fsp3) is 0. The van der Waals surface area contributed by atoms with E-state index in [9.17, 15) is 9.90 Å². The van der Waals surface area contributed by atoms with Crippen LogP contribution < -0.4 is 5.56 Å². The molecule has 5 rings (SSSR count). The van der Waals surface area contributed by atoms with Gasteiger partial charge in [0.2, 0.25) is 11.6 Å². The van der Waals surface area contributed by atoms with Gasteiger partial charge in [-0.2, -0.15) is 10.4 Å². The molecule has 0 saturated heterocycles. The third-order valence-electron chi connectivity index (χ3n) is 4.60. The number of nitrogens with zero attached hydrogens (tertiary/aromatic N) is 6. The van der Waals surface area contributed by atoms with Gasteiger partial charge in [-0.25, -0.2) is 0 Å². The zero-order valence-corrected chi connectivity index (χ0v) is 15.2. The second-order valence-electron chi connectivity index (χ2n) is 6.40. The minimum atomic E-state index is -0.570. The molecule has 0 bridgehead atoms. The van der Waals surface area contributed by atoms with E-state index in [1.54, 1.807) is 0 Å². The summed E-state index contributed by atoms with van der Waals surface area (Å²) >= 11 is 0. The number of H-pyrrole nitrogens is 3. The van der Waals surface area contributed by atoms with Gasteiger partial charge in [-0.3, -0.25) is 4.79 Å². The maximum absolute atomic E-state index is 12.1. The third-order valence-corrected chi connectivity index (χ3v) is 4.60. The van der Waals surface area contributed by atoms with E-state index < -0.39 is 5.56 Å². The van der Waals surface area contributed by atoms with Crippen molar-refractivity contribution >= 4 is 0 Å². The molecule has 30 heavy (non-hydrogen) atoms. The second-order valence-corrected chi connectivity index (χ2v) is 6.40. The van der Waals surface area contributed by atoms with Gasteiger partial charge in [0.1, 0.15) is 0 Å². The van der Waals surface area contributed by atoms with Crippen LogP contribution in [0.25, 0.3) is 45.2 Å². The number of rotatable bonds is 4. The largest absolute Gasteiger partial charge is 0.503 e. The van der Waals surface area contributed by atoms with Gasteiger partial charge < -0.3 is 10.1 Å². The Balaban J connectivity index is 1.58. The van der Waals surface area contributed by atoms with E-state index in [2.05, 4.69) is 46.2 Å². The van der Waals surface area contributed by atoms with Gasteiger partial charge in [0, 0.05) is 16.7 Å². The van der Waals surface area contributed by atoms with Crippen LogP contribution in [0.3, 0.4) is 0 Å². The highest BCUT2D eigenvalue weighted by Crippen LogP contribution is 2.33. The number of nitrogens with one attached hydrogen (secondary N) is 3. The number of aromatic nitrogens is 9. The van der Waals surface area contributed by atoms with Crippen LogP contribution in [0.15, 0.2) is 59.4 Å². The smallest absolute Gasteiger partial charge is 0.290 e. The first-order chi connectivity index (χ1) is 14.7. The van der Waals surface area contributed by atoms with Crippen molar-refractivity contribution in [3.8, 4) is 50.9 Å². The van der Waals surface area contributed by atoms with E-state index in [0.717, 1.165) is 22.3 Å². The molecule has 3 heterocycles. The van der Waals surface area contributed by atoms with Crippen molar-refractivity contribution in [2.45, 2.75) is 0 Å². The van der Waals surface area contributed by atoms with Crippen molar-refractivity contribution in [1.82, 2.24) is 46.2 Å². The molecule has 0 atom stereocenters. The van der Waals surface area contributed by atoms with Crippen LogP contribution in [-0.4, -0.2) is 51.3 Å². The van der Waals surface area contributed by atoms with Crippen molar-refractivity contribution in [2.24, 2.45) is 0 Å². The van der Waals surface area contributed by atoms with Gasteiger partial charge in [-0.15, -0.1) is 20.4 Å². The van der Waals surface area contributed by atoms with Crippen LogP contribution in [0, 0.1) is 0 Å². The van der Waals surface area contributed by atoms with Gasteiger partial charge in [0.25, 0.3) is 5.56 Å². The molecule has 5 aromatic rings. The highest BCUT2D eigenvalue weighted by Gasteiger charge is 2.14. The fourth-order valence-electron chi connectivity index (χ4n) is 3.13. The summed E-state index contributed by atoms with van der Waals surface area (Å²) in [6, 6.07) is 16.2. The molecule has 0 radical (unpaired) electrons. The maximum atomic E-state index is 12.1. The van der Waals surface area contributed by atoms with Crippen molar-refractivity contribution in [2.75, 3.05) is 0 Å². The number of pyridine rings is 1. The Kier molecular flexibility index (Phi) is 4.10. The van der Waals surface area contributed by atoms with Crippen molar-refractivity contribution in [3.63, 3.8) is 0 Å². The number of aromatic amines is 3. The Hall–Kier alpha value is -4.67. The van der Waals surface area contributed by atoms with Gasteiger partial charge in [-0.05, 0) is 27.6 Å². The molecule has 11 nitrogen and oxygen atoms in total. The van der Waals surface area contributed by atoms with E-state index in [1.807, 2.05) is 48.5 Å². The van der Waals surface area contributed by atoms with Crippen LogP contribution >= 0.6 is 0 Å². The Bertz CT molecular complexity index is 1340. The molecule has 146 valence electrons. The molecule has 2 aromatic carbocycles. The first-order valence-corrected chi connectivity index (χ1v) is 8.84. The van der Waals surface area contributed by atoms with Gasteiger partial charge in [-0.1, -0.05) is 48.5 Å². The van der Waals surface area contributed by atoms with E-state index >= 15 is 0 Å². The normalized spacial score (nSPS) is 10.9. The summed E-state index contributed by atoms with van der Waals surface area (Å²) in [5.41, 5.74) is 3.79. The minimum Gasteiger partial charge on any atom is -0.503 e. The van der Waals surface area contributed by atoms with Crippen LogP contribution in [0.1, 0.15) is 0 Å². The molecule has 0 aliphatic carbocycles. The zero-order chi connectivity index (χ0) is 20.5. The van der Waals surface area contributed by atoms with E-state index in [1.165, 1.54) is 6.07 Å². The Morgan fingerprint density at radius 3 is 1.70 bits per heavy atom. The molecular formula is C19H13N9O2. The molecule has 0 unspecified atom stereocenters. The van der Waals surface area contributed by atoms with Gasteiger partial charge in [0.15, 0.2) is 5.75 Å². The lowest BCUT2D eigenvalue weighted by molar-refractivity contribution is 0.467. The average Bonchev–Trinajstić information content (AvgIpc) is 3.50. The van der Waals surface area contributed by atoms with Crippen LogP contribution in [0.2, 0.25) is 0 Å². The predicted molar refractivity (Wildman–Crippen MR) is 106 cm³/mol. The van der Waals surface area contributed by atoms with Crippen molar-refractivity contribution in [3.05, 3.63) is 65.0 Å². The monoisotopic (exact) mass is 399 g/mol. The number of hydrogen-bond donors (Lipinski definition) is 4. The Labute approximate surface area is 167 Å². The Morgan fingerprint density at radius 1 is 0.700 bits per heavy atom. The molecule has 0 amide bonds. The SMILES string of the molecule is O=c1[nH]c(-c2ccc(-c3nn[nH]n3)cc2)c(-c2ccc(-c3nn[nH]n3)cc2)cc1O. The van der Waals surface area contributed by atoms with E-state index in [4.69, 9.17) is 0 Å². The average molecular weight is 399 g/mol. The lowest BCUT2D eigenvalue weighted by Gasteiger charge is -2.11. The quantitative estimate of drug-likeness (QED) is 0.355. The summed E-state index contributed by atoms with van der Waals surface area (Å²) in [4.78, 5) is 14.9. The number of hydrogen-bond acceptors (Lipinski definition) is 8. The highest BCUT2D eigenvalue weighted by atomic mass is 16.3. The first-order valence-electron chi connectivity index (χ1n) is 8.84. The van der Waals surface area contributed by atoms with Crippen LogP contribution in [-0.2, 0) is 0 Å². The van der Waals surface area contributed by atoms with E-state index in [-0.39, 0.29) is 5.75 Å². The topological polar surface area (TPSA) is 162 Å². The van der Waals surface area contributed by atoms with Crippen LogP contribution in [0.5, 0.6) is 5.75 Å². The fourth-order valence-corrected chi connectivity index (χ4v) is 3.13. The summed E-state index contributed by atoms with van der Waals surface area (Å²) in [6.07, 6.45) is 0.